The third-order valence-corrected chi connectivity index (χ3v) is 2.99. The lowest BCUT2D eigenvalue weighted by Gasteiger charge is -2.04. The zero-order chi connectivity index (χ0) is 8.43. The van der Waals surface area contributed by atoms with Crippen molar-refractivity contribution < 1.29 is 4.74 Å². The van der Waals surface area contributed by atoms with Crippen LogP contribution >= 0.6 is 38.5 Å². The Bertz CT molecular complexity index is 277. The van der Waals surface area contributed by atoms with Crippen LogP contribution in [0.25, 0.3) is 0 Å². The van der Waals surface area contributed by atoms with Crippen molar-refractivity contribution in [1.82, 2.24) is 4.98 Å². The van der Waals surface area contributed by atoms with Gasteiger partial charge in [-0.25, -0.2) is 4.98 Å². The van der Waals surface area contributed by atoms with E-state index < -0.39 is 0 Å². The summed E-state index contributed by atoms with van der Waals surface area (Å²) < 4.78 is 6.93. The number of aromatic nitrogens is 1. The van der Waals surface area contributed by atoms with Gasteiger partial charge in [-0.1, -0.05) is 0 Å². The third-order valence-electron chi connectivity index (χ3n) is 1.27. The molecule has 0 N–H and O–H groups in total. The van der Waals surface area contributed by atoms with Crippen LogP contribution in [-0.4, -0.2) is 12.1 Å². The van der Waals surface area contributed by atoms with Crippen molar-refractivity contribution in [3.05, 3.63) is 19.8 Å². The molecule has 4 heteroatoms. The normalized spacial score (nSPS) is 9.82. The van der Waals surface area contributed by atoms with Crippen molar-refractivity contribution in [3.8, 4) is 5.88 Å². The van der Waals surface area contributed by atoms with Crippen LogP contribution in [0.5, 0.6) is 5.88 Å². The van der Waals surface area contributed by atoms with Crippen LogP contribution < -0.4 is 4.74 Å². The average molecular weight is 328 g/mol. The molecule has 0 aliphatic rings. The summed E-state index contributed by atoms with van der Waals surface area (Å²) in [6.07, 6.45) is 0. The van der Waals surface area contributed by atoms with Crippen LogP contribution in [0.4, 0.5) is 0 Å². The van der Waals surface area contributed by atoms with E-state index in [0.29, 0.717) is 5.88 Å². The van der Waals surface area contributed by atoms with Gasteiger partial charge in [-0.05, 0) is 57.1 Å². The van der Waals surface area contributed by atoms with Crippen LogP contribution in [0, 0.1) is 10.5 Å². The fourth-order valence-electron chi connectivity index (χ4n) is 0.724. The Labute approximate surface area is 87.6 Å². The van der Waals surface area contributed by atoms with Crippen LogP contribution in [0.2, 0.25) is 0 Å². The second-order valence-corrected chi connectivity index (χ2v) is 3.98. The number of halogens is 2. The molecule has 0 atom stereocenters. The molecule has 0 saturated heterocycles. The molecule has 1 heterocycles. The molecule has 0 saturated carbocycles. The van der Waals surface area contributed by atoms with Gasteiger partial charge in [0.2, 0.25) is 5.88 Å². The molecular weight excluding hydrogens is 321 g/mol. The van der Waals surface area contributed by atoms with E-state index in [-0.39, 0.29) is 0 Å². The van der Waals surface area contributed by atoms with E-state index >= 15 is 0 Å². The van der Waals surface area contributed by atoms with Gasteiger partial charge in [-0.15, -0.1) is 0 Å². The predicted molar refractivity (Wildman–Crippen MR) is 55.9 cm³/mol. The van der Waals surface area contributed by atoms with E-state index in [2.05, 4.69) is 43.5 Å². The molecule has 0 bridgehead atoms. The largest absolute Gasteiger partial charge is 0.480 e. The molecule has 0 fully saturated rings. The quantitative estimate of drug-likeness (QED) is 0.584. The Balaban J connectivity index is 3.24. The molecule has 11 heavy (non-hydrogen) atoms. The van der Waals surface area contributed by atoms with Crippen LogP contribution in [-0.2, 0) is 0 Å². The van der Waals surface area contributed by atoms with Gasteiger partial charge in [-0.2, -0.15) is 0 Å². The van der Waals surface area contributed by atoms with Crippen molar-refractivity contribution in [3.63, 3.8) is 0 Å². The maximum atomic E-state index is 5.06. The molecule has 2 nitrogen and oxygen atoms in total. The fourth-order valence-corrected chi connectivity index (χ4v) is 1.73. The third kappa shape index (κ3) is 2.05. The summed E-state index contributed by atoms with van der Waals surface area (Å²) in [6.45, 7) is 2.02. The van der Waals surface area contributed by atoms with E-state index in [1.54, 1.807) is 7.11 Å². The number of ether oxygens (including phenoxy) is 1. The summed E-state index contributed by atoms with van der Waals surface area (Å²) in [5, 5.41) is 0. The fraction of sp³-hybridized carbons (Fsp3) is 0.286. The molecular formula is C7H7BrINO. The van der Waals surface area contributed by atoms with Gasteiger partial charge < -0.3 is 4.74 Å². The molecule has 0 radical (unpaired) electrons. The van der Waals surface area contributed by atoms with Gasteiger partial charge in [-0.3, -0.25) is 0 Å². The van der Waals surface area contributed by atoms with E-state index in [1.807, 2.05) is 13.0 Å². The Morgan fingerprint density at radius 1 is 1.64 bits per heavy atom. The molecule has 0 aliphatic heterocycles. The number of methoxy groups -OCH3 is 1. The number of aryl methyl sites for hydroxylation is 1. The number of pyridine rings is 1. The highest BCUT2D eigenvalue weighted by Gasteiger charge is 2.05. The van der Waals surface area contributed by atoms with Crippen LogP contribution in [0.3, 0.4) is 0 Å². The van der Waals surface area contributed by atoms with Crippen LogP contribution in [0.1, 0.15) is 5.56 Å². The zero-order valence-corrected chi connectivity index (χ0v) is 9.93. The smallest absolute Gasteiger partial charge is 0.228 e. The highest BCUT2D eigenvalue weighted by molar-refractivity contribution is 14.1. The molecule has 60 valence electrons. The summed E-state index contributed by atoms with van der Waals surface area (Å²) >= 11 is 5.51. The first-order valence-electron chi connectivity index (χ1n) is 3.01. The molecule has 0 spiro atoms. The number of rotatable bonds is 1. The van der Waals surface area contributed by atoms with Crippen molar-refractivity contribution >= 4 is 38.5 Å². The predicted octanol–water partition coefficient (Wildman–Crippen LogP) is 2.77. The highest BCUT2D eigenvalue weighted by Crippen LogP contribution is 2.24. The number of nitrogens with zero attached hydrogens (tertiary/aromatic N) is 1. The lowest BCUT2D eigenvalue weighted by atomic mass is 10.3. The van der Waals surface area contributed by atoms with Gasteiger partial charge >= 0.3 is 0 Å². The number of hydrogen-bond donors (Lipinski definition) is 0. The van der Waals surface area contributed by atoms with Crippen molar-refractivity contribution in [2.24, 2.45) is 0 Å². The lowest BCUT2D eigenvalue weighted by molar-refractivity contribution is 0.393. The first kappa shape index (κ1) is 9.25. The summed E-state index contributed by atoms with van der Waals surface area (Å²) in [7, 11) is 1.62. The maximum absolute atomic E-state index is 5.06. The minimum absolute atomic E-state index is 0.678. The van der Waals surface area contributed by atoms with Crippen LogP contribution in [0.15, 0.2) is 10.7 Å². The van der Waals surface area contributed by atoms with E-state index in [4.69, 9.17) is 4.74 Å². The summed E-state index contributed by atoms with van der Waals surface area (Å²) in [6, 6.07) is 1.96. The van der Waals surface area contributed by atoms with Crippen molar-refractivity contribution in [2.75, 3.05) is 7.11 Å². The summed E-state index contributed by atoms with van der Waals surface area (Å²) in [4.78, 5) is 4.14. The molecule has 1 aromatic heterocycles. The minimum atomic E-state index is 0.678. The molecule has 1 aromatic rings. The van der Waals surface area contributed by atoms with E-state index in [0.717, 1.165) is 8.17 Å². The lowest BCUT2D eigenvalue weighted by Crippen LogP contribution is -1.93. The van der Waals surface area contributed by atoms with Gasteiger partial charge in [0.15, 0.2) is 0 Å². The van der Waals surface area contributed by atoms with E-state index in [9.17, 15) is 0 Å². The topological polar surface area (TPSA) is 22.1 Å². The second-order valence-electron chi connectivity index (χ2n) is 2.09. The first-order valence-corrected chi connectivity index (χ1v) is 4.89. The minimum Gasteiger partial charge on any atom is -0.480 e. The summed E-state index contributed by atoms with van der Waals surface area (Å²) in [5.41, 5.74) is 1.17. The Hall–Kier alpha value is 0.160. The van der Waals surface area contributed by atoms with Gasteiger partial charge in [0, 0.05) is 0 Å². The zero-order valence-electron chi connectivity index (χ0n) is 6.19. The standard InChI is InChI=1S/C7H7BrINO/c1-4-3-5(8)10-7(11-2)6(4)9/h3H,1-2H3. The molecule has 0 aromatic carbocycles. The first-order chi connectivity index (χ1) is 5.15. The number of hydrogen-bond acceptors (Lipinski definition) is 2. The molecule has 0 aliphatic carbocycles. The monoisotopic (exact) mass is 327 g/mol. The Morgan fingerprint density at radius 2 is 2.27 bits per heavy atom. The van der Waals surface area contributed by atoms with Gasteiger partial charge in [0.05, 0.1) is 10.7 Å². The Morgan fingerprint density at radius 3 is 2.82 bits per heavy atom. The van der Waals surface area contributed by atoms with Gasteiger partial charge in [0.1, 0.15) is 4.60 Å². The molecule has 0 unspecified atom stereocenters. The maximum Gasteiger partial charge on any atom is 0.228 e. The van der Waals surface area contributed by atoms with Crippen molar-refractivity contribution in [2.45, 2.75) is 6.92 Å². The highest BCUT2D eigenvalue weighted by atomic mass is 127. The Kier molecular flexibility index (Phi) is 3.12. The SMILES string of the molecule is COc1nc(Br)cc(C)c1I. The van der Waals surface area contributed by atoms with Crippen molar-refractivity contribution in [1.29, 1.82) is 0 Å². The second kappa shape index (κ2) is 3.71. The molecule has 0 amide bonds. The average Bonchev–Trinajstić information content (AvgIpc) is 1.96. The molecule has 1 rings (SSSR count). The summed E-state index contributed by atoms with van der Waals surface area (Å²) in [5.74, 6) is 0.678. The van der Waals surface area contributed by atoms with E-state index in [1.165, 1.54) is 5.56 Å². The van der Waals surface area contributed by atoms with Gasteiger partial charge in [0.25, 0.3) is 0 Å².